The van der Waals surface area contributed by atoms with Gasteiger partial charge in [0.05, 0.1) is 6.61 Å². The quantitative estimate of drug-likeness (QED) is 0.805. The fourth-order valence-electron chi connectivity index (χ4n) is 1.60. The smallest absolute Gasteiger partial charge is 0.0713 e. The first-order chi connectivity index (χ1) is 7.07. The fourth-order valence-corrected chi connectivity index (χ4v) is 1.60. The maximum absolute atomic E-state index is 9.20. The Morgan fingerprint density at radius 3 is 2.53 bits per heavy atom. The van der Waals surface area contributed by atoms with Gasteiger partial charge in [-0.25, -0.2) is 0 Å². The van der Waals surface area contributed by atoms with Gasteiger partial charge in [-0.15, -0.1) is 0 Å². The van der Waals surface area contributed by atoms with Crippen LogP contribution in [0.25, 0.3) is 0 Å². The molecule has 0 aliphatic heterocycles. The average Bonchev–Trinajstić information content (AvgIpc) is 2.18. The first-order valence-corrected chi connectivity index (χ1v) is 5.25. The van der Waals surface area contributed by atoms with E-state index in [2.05, 4.69) is 32.0 Å². The summed E-state index contributed by atoms with van der Waals surface area (Å²) in [5.74, 6) is 0. The third-order valence-corrected chi connectivity index (χ3v) is 2.41. The zero-order valence-corrected chi connectivity index (χ0v) is 9.79. The van der Waals surface area contributed by atoms with E-state index in [0.717, 1.165) is 6.42 Å². The van der Waals surface area contributed by atoms with Gasteiger partial charge in [0.25, 0.3) is 0 Å². The molecule has 1 aromatic rings. The van der Waals surface area contributed by atoms with E-state index in [1.54, 1.807) is 7.11 Å². The number of ether oxygens (including phenoxy) is 1. The molecule has 0 heterocycles. The average molecular weight is 208 g/mol. The van der Waals surface area contributed by atoms with Crippen LogP contribution in [0.2, 0.25) is 0 Å². The van der Waals surface area contributed by atoms with Gasteiger partial charge in [0.15, 0.2) is 0 Å². The summed E-state index contributed by atoms with van der Waals surface area (Å²) in [6.07, 6.45) is 0.890. The summed E-state index contributed by atoms with van der Waals surface area (Å²) in [7, 11) is 1.70. The summed E-state index contributed by atoms with van der Waals surface area (Å²) >= 11 is 0. The van der Waals surface area contributed by atoms with Crippen LogP contribution in [-0.4, -0.2) is 18.8 Å². The number of aliphatic hydroxyl groups is 1. The van der Waals surface area contributed by atoms with E-state index in [0.29, 0.717) is 6.61 Å². The van der Waals surface area contributed by atoms with Crippen LogP contribution in [0.4, 0.5) is 0 Å². The van der Waals surface area contributed by atoms with Crippen molar-refractivity contribution >= 4 is 0 Å². The van der Waals surface area contributed by atoms with Crippen LogP contribution < -0.4 is 0 Å². The van der Waals surface area contributed by atoms with E-state index in [1.165, 1.54) is 11.1 Å². The standard InChI is InChI=1S/C13H20O2/c1-13(2,10-14)8-11-5-4-6-12(7-11)9-15-3/h4-7,14H,8-10H2,1-3H3. The molecule has 0 aliphatic rings. The number of rotatable bonds is 5. The van der Waals surface area contributed by atoms with E-state index >= 15 is 0 Å². The van der Waals surface area contributed by atoms with Crippen LogP contribution in [0.5, 0.6) is 0 Å². The highest BCUT2D eigenvalue weighted by molar-refractivity contribution is 5.23. The van der Waals surface area contributed by atoms with Gasteiger partial charge in [0.2, 0.25) is 0 Å². The molecule has 0 spiro atoms. The number of hydrogen-bond acceptors (Lipinski definition) is 2. The van der Waals surface area contributed by atoms with E-state index < -0.39 is 0 Å². The Kier molecular flexibility index (Phi) is 4.30. The molecule has 0 bridgehead atoms. The molecule has 84 valence electrons. The van der Waals surface area contributed by atoms with Crippen LogP contribution >= 0.6 is 0 Å². The Balaban J connectivity index is 2.73. The van der Waals surface area contributed by atoms with E-state index in [9.17, 15) is 5.11 Å². The molecule has 0 saturated heterocycles. The van der Waals surface area contributed by atoms with Crippen molar-refractivity contribution in [3.8, 4) is 0 Å². The predicted octanol–water partition coefficient (Wildman–Crippen LogP) is 2.39. The lowest BCUT2D eigenvalue weighted by Gasteiger charge is -2.21. The lowest BCUT2D eigenvalue weighted by molar-refractivity contribution is 0.159. The summed E-state index contributed by atoms with van der Waals surface area (Å²) in [5, 5.41) is 9.20. The lowest BCUT2D eigenvalue weighted by atomic mass is 9.86. The first-order valence-electron chi connectivity index (χ1n) is 5.25. The van der Waals surface area contributed by atoms with Gasteiger partial charge in [-0.2, -0.15) is 0 Å². The summed E-state index contributed by atoms with van der Waals surface area (Å²) in [6, 6.07) is 8.33. The molecule has 0 radical (unpaired) electrons. The third kappa shape index (κ3) is 4.02. The predicted molar refractivity (Wildman–Crippen MR) is 61.7 cm³/mol. The van der Waals surface area contributed by atoms with Crippen LogP contribution in [0.15, 0.2) is 24.3 Å². The van der Waals surface area contributed by atoms with Crippen molar-refractivity contribution in [1.82, 2.24) is 0 Å². The molecular formula is C13H20O2. The van der Waals surface area contributed by atoms with Gasteiger partial charge in [0, 0.05) is 13.7 Å². The minimum absolute atomic E-state index is 0.0499. The molecule has 0 saturated carbocycles. The van der Waals surface area contributed by atoms with Crippen LogP contribution in [0.1, 0.15) is 25.0 Å². The summed E-state index contributed by atoms with van der Waals surface area (Å²) in [5.41, 5.74) is 2.39. The fraction of sp³-hybridized carbons (Fsp3) is 0.538. The summed E-state index contributed by atoms with van der Waals surface area (Å²) in [4.78, 5) is 0. The Morgan fingerprint density at radius 2 is 1.93 bits per heavy atom. The molecule has 0 fully saturated rings. The molecule has 15 heavy (non-hydrogen) atoms. The normalized spacial score (nSPS) is 11.7. The first kappa shape index (κ1) is 12.2. The second-order valence-corrected chi connectivity index (χ2v) is 4.75. The van der Waals surface area contributed by atoms with Crippen molar-refractivity contribution in [2.45, 2.75) is 26.9 Å². The molecule has 1 aromatic carbocycles. The maximum Gasteiger partial charge on any atom is 0.0713 e. The summed E-state index contributed by atoms with van der Waals surface area (Å²) in [6.45, 7) is 4.99. The molecule has 0 unspecified atom stereocenters. The molecule has 0 atom stereocenters. The van der Waals surface area contributed by atoms with Crippen molar-refractivity contribution in [2.75, 3.05) is 13.7 Å². The summed E-state index contributed by atoms with van der Waals surface area (Å²) < 4.78 is 5.09. The molecule has 0 aromatic heterocycles. The Morgan fingerprint density at radius 1 is 1.27 bits per heavy atom. The molecule has 1 N–H and O–H groups in total. The van der Waals surface area contributed by atoms with Gasteiger partial charge in [-0.05, 0) is 23.0 Å². The largest absolute Gasteiger partial charge is 0.396 e. The van der Waals surface area contributed by atoms with Gasteiger partial charge in [-0.3, -0.25) is 0 Å². The van der Waals surface area contributed by atoms with Crippen molar-refractivity contribution in [2.24, 2.45) is 5.41 Å². The van der Waals surface area contributed by atoms with E-state index in [1.807, 2.05) is 6.07 Å². The number of aliphatic hydroxyl groups excluding tert-OH is 1. The zero-order chi connectivity index (χ0) is 11.3. The van der Waals surface area contributed by atoms with Crippen molar-refractivity contribution in [1.29, 1.82) is 0 Å². The maximum atomic E-state index is 9.20. The Bertz CT molecular complexity index is 305. The van der Waals surface area contributed by atoms with Gasteiger partial charge < -0.3 is 9.84 Å². The van der Waals surface area contributed by atoms with Crippen LogP contribution in [0.3, 0.4) is 0 Å². The second kappa shape index (κ2) is 5.29. The minimum atomic E-state index is -0.0499. The molecule has 2 nitrogen and oxygen atoms in total. The van der Waals surface area contributed by atoms with Gasteiger partial charge >= 0.3 is 0 Å². The van der Waals surface area contributed by atoms with E-state index in [4.69, 9.17) is 4.74 Å². The molecule has 1 rings (SSSR count). The van der Waals surface area contributed by atoms with Crippen molar-refractivity contribution in [3.05, 3.63) is 35.4 Å². The second-order valence-electron chi connectivity index (χ2n) is 4.75. The van der Waals surface area contributed by atoms with Crippen LogP contribution in [-0.2, 0) is 17.8 Å². The van der Waals surface area contributed by atoms with Gasteiger partial charge in [0.1, 0.15) is 0 Å². The highest BCUT2D eigenvalue weighted by Gasteiger charge is 2.16. The molecule has 2 heteroatoms. The van der Waals surface area contributed by atoms with Crippen LogP contribution in [0, 0.1) is 5.41 Å². The number of methoxy groups -OCH3 is 1. The lowest BCUT2D eigenvalue weighted by Crippen LogP contribution is -2.19. The number of benzene rings is 1. The zero-order valence-electron chi connectivity index (χ0n) is 9.79. The van der Waals surface area contributed by atoms with Crippen molar-refractivity contribution < 1.29 is 9.84 Å². The molecule has 0 aliphatic carbocycles. The number of hydrogen-bond donors (Lipinski definition) is 1. The highest BCUT2D eigenvalue weighted by atomic mass is 16.5. The SMILES string of the molecule is COCc1cccc(CC(C)(C)CO)c1. The van der Waals surface area contributed by atoms with Crippen molar-refractivity contribution in [3.63, 3.8) is 0 Å². The topological polar surface area (TPSA) is 29.5 Å². The molecule has 0 amide bonds. The van der Waals surface area contributed by atoms with E-state index in [-0.39, 0.29) is 12.0 Å². The molecular weight excluding hydrogens is 188 g/mol. The monoisotopic (exact) mass is 208 g/mol. The third-order valence-electron chi connectivity index (χ3n) is 2.41. The minimum Gasteiger partial charge on any atom is -0.396 e. The Hall–Kier alpha value is -0.860. The van der Waals surface area contributed by atoms with Gasteiger partial charge in [-0.1, -0.05) is 38.1 Å². The Labute approximate surface area is 91.9 Å². The highest BCUT2D eigenvalue weighted by Crippen LogP contribution is 2.21.